The van der Waals surface area contributed by atoms with E-state index in [1.165, 1.54) is 0 Å². The van der Waals surface area contributed by atoms with Gasteiger partial charge in [0, 0.05) is 18.7 Å². The summed E-state index contributed by atoms with van der Waals surface area (Å²) in [6.45, 7) is 4.69. The molecule has 0 fully saturated rings. The van der Waals surface area contributed by atoms with Crippen LogP contribution in [0.15, 0.2) is 24.3 Å². The number of para-hydroxylation sites is 1. The number of methoxy groups -OCH3 is 1. The highest BCUT2D eigenvalue weighted by molar-refractivity contribution is 5.35. The molecule has 4 nitrogen and oxygen atoms in total. The number of hydrogen-bond donors (Lipinski definition) is 2. The molecule has 3 N–H and O–H groups in total. The van der Waals surface area contributed by atoms with Crippen molar-refractivity contribution in [3.63, 3.8) is 0 Å². The molecular weight excluding hydrogens is 228 g/mol. The monoisotopic (exact) mass is 252 g/mol. The van der Waals surface area contributed by atoms with E-state index in [1.54, 1.807) is 7.11 Å². The summed E-state index contributed by atoms with van der Waals surface area (Å²) in [6, 6.07) is 8.09. The highest BCUT2D eigenvalue weighted by atomic mass is 16.5. The van der Waals surface area contributed by atoms with E-state index >= 15 is 0 Å². The lowest BCUT2D eigenvalue weighted by atomic mass is 10.00. The summed E-state index contributed by atoms with van der Waals surface area (Å²) in [5.41, 5.74) is 3.96. The maximum Gasteiger partial charge on any atom is 0.124 e. The molecule has 0 radical (unpaired) electrons. The Kier molecular flexibility index (Phi) is 6.72. The topological polar surface area (TPSA) is 56.5 Å². The number of nitrogens with two attached hydrogens (primary N) is 1. The van der Waals surface area contributed by atoms with Gasteiger partial charge in [-0.3, -0.25) is 11.3 Å². The van der Waals surface area contributed by atoms with Crippen LogP contribution in [0, 0.1) is 0 Å². The van der Waals surface area contributed by atoms with E-state index in [2.05, 4.69) is 12.3 Å². The second-order valence-electron chi connectivity index (χ2n) is 4.31. The Balaban J connectivity index is 2.74. The fourth-order valence-electron chi connectivity index (χ4n) is 1.90. The van der Waals surface area contributed by atoms with Crippen molar-refractivity contribution in [1.82, 2.24) is 5.43 Å². The fraction of sp³-hybridized carbons (Fsp3) is 0.571. The Morgan fingerprint density at radius 1 is 1.28 bits per heavy atom. The maximum atomic E-state index is 5.65. The summed E-state index contributed by atoms with van der Waals surface area (Å²) in [5, 5.41) is 0. The number of ether oxygens (including phenoxy) is 2. The van der Waals surface area contributed by atoms with Crippen molar-refractivity contribution in [3.8, 4) is 5.75 Å². The molecule has 0 saturated heterocycles. The molecule has 0 heterocycles. The Morgan fingerprint density at radius 3 is 2.61 bits per heavy atom. The van der Waals surface area contributed by atoms with E-state index in [9.17, 15) is 0 Å². The predicted octanol–water partition coefficient (Wildman–Crippen LogP) is 2.40. The highest BCUT2D eigenvalue weighted by Crippen LogP contribution is 2.28. The van der Waals surface area contributed by atoms with Crippen LogP contribution in [-0.4, -0.2) is 19.8 Å². The summed E-state index contributed by atoms with van der Waals surface area (Å²) in [4.78, 5) is 0. The standard InChI is InChI=1S/C14H24N2O2/c1-4-18-14-8-6-5-7-12(14)13(16-15)10-9-11(2)17-3/h5-8,11,13,16H,4,9-10,15H2,1-3H3. The van der Waals surface area contributed by atoms with Crippen LogP contribution in [0.1, 0.15) is 38.3 Å². The predicted molar refractivity (Wildman–Crippen MR) is 73.4 cm³/mol. The van der Waals surface area contributed by atoms with Crippen LogP contribution < -0.4 is 16.0 Å². The van der Waals surface area contributed by atoms with Gasteiger partial charge in [0.2, 0.25) is 0 Å². The first-order chi connectivity index (χ1) is 8.72. The van der Waals surface area contributed by atoms with E-state index in [4.69, 9.17) is 15.3 Å². The number of benzene rings is 1. The largest absolute Gasteiger partial charge is 0.494 e. The van der Waals surface area contributed by atoms with Gasteiger partial charge in [-0.2, -0.15) is 0 Å². The summed E-state index contributed by atoms with van der Waals surface area (Å²) in [7, 11) is 1.73. The minimum atomic E-state index is 0.0883. The molecule has 0 aliphatic rings. The number of rotatable bonds is 8. The van der Waals surface area contributed by atoms with Crippen LogP contribution in [-0.2, 0) is 4.74 Å². The fourth-order valence-corrected chi connectivity index (χ4v) is 1.90. The normalized spacial score (nSPS) is 14.2. The molecule has 102 valence electrons. The SMILES string of the molecule is CCOc1ccccc1C(CCC(C)OC)NN. The first-order valence-electron chi connectivity index (χ1n) is 6.43. The van der Waals surface area contributed by atoms with Crippen molar-refractivity contribution in [2.45, 2.75) is 38.8 Å². The van der Waals surface area contributed by atoms with E-state index < -0.39 is 0 Å². The van der Waals surface area contributed by atoms with Crippen LogP contribution in [0.25, 0.3) is 0 Å². The van der Waals surface area contributed by atoms with Crippen molar-refractivity contribution in [2.75, 3.05) is 13.7 Å². The second-order valence-corrected chi connectivity index (χ2v) is 4.31. The van der Waals surface area contributed by atoms with E-state index in [1.807, 2.05) is 31.2 Å². The van der Waals surface area contributed by atoms with Gasteiger partial charge in [0.05, 0.1) is 12.7 Å². The summed E-state index contributed by atoms with van der Waals surface area (Å²) in [5.74, 6) is 6.55. The Hall–Kier alpha value is -1.10. The first-order valence-corrected chi connectivity index (χ1v) is 6.43. The van der Waals surface area contributed by atoms with Gasteiger partial charge in [-0.1, -0.05) is 18.2 Å². The molecule has 18 heavy (non-hydrogen) atoms. The van der Waals surface area contributed by atoms with Gasteiger partial charge in [0.15, 0.2) is 0 Å². The van der Waals surface area contributed by atoms with Gasteiger partial charge in [-0.15, -0.1) is 0 Å². The van der Waals surface area contributed by atoms with Crippen LogP contribution in [0.2, 0.25) is 0 Å². The van der Waals surface area contributed by atoms with Gasteiger partial charge in [0.25, 0.3) is 0 Å². The molecule has 1 rings (SSSR count). The van der Waals surface area contributed by atoms with Crippen LogP contribution in [0.5, 0.6) is 5.75 Å². The Bertz CT molecular complexity index is 344. The van der Waals surface area contributed by atoms with E-state index in [0.717, 1.165) is 24.2 Å². The molecule has 1 aromatic carbocycles. The van der Waals surface area contributed by atoms with Crippen molar-refractivity contribution >= 4 is 0 Å². The molecule has 0 aromatic heterocycles. The number of nitrogens with one attached hydrogen (secondary N) is 1. The number of hydrazine groups is 1. The molecule has 2 unspecified atom stereocenters. The van der Waals surface area contributed by atoms with Crippen molar-refractivity contribution in [1.29, 1.82) is 0 Å². The van der Waals surface area contributed by atoms with E-state index in [0.29, 0.717) is 6.61 Å². The van der Waals surface area contributed by atoms with Gasteiger partial charge in [0.1, 0.15) is 5.75 Å². The van der Waals surface area contributed by atoms with Gasteiger partial charge < -0.3 is 9.47 Å². The number of hydrogen-bond acceptors (Lipinski definition) is 4. The van der Waals surface area contributed by atoms with E-state index in [-0.39, 0.29) is 12.1 Å². The molecule has 1 aromatic rings. The van der Waals surface area contributed by atoms with Gasteiger partial charge in [-0.05, 0) is 32.8 Å². The van der Waals surface area contributed by atoms with Crippen LogP contribution in [0.4, 0.5) is 0 Å². The summed E-state index contributed by atoms with van der Waals surface area (Å²) >= 11 is 0. The molecule has 0 spiro atoms. The minimum Gasteiger partial charge on any atom is -0.494 e. The molecule has 0 saturated carbocycles. The third kappa shape index (κ3) is 4.29. The van der Waals surface area contributed by atoms with Crippen molar-refractivity contribution < 1.29 is 9.47 Å². The first kappa shape index (κ1) is 15.0. The zero-order chi connectivity index (χ0) is 13.4. The van der Waals surface area contributed by atoms with Gasteiger partial charge >= 0.3 is 0 Å². The van der Waals surface area contributed by atoms with Crippen LogP contribution >= 0.6 is 0 Å². The summed E-state index contributed by atoms with van der Waals surface area (Å²) in [6.07, 6.45) is 2.10. The molecule has 0 bridgehead atoms. The average molecular weight is 252 g/mol. The van der Waals surface area contributed by atoms with Crippen molar-refractivity contribution in [3.05, 3.63) is 29.8 Å². The molecule has 2 atom stereocenters. The molecule has 0 amide bonds. The third-order valence-corrected chi connectivity index (χ3v) is 3.06. The van der Waals surface area contributed by atoms with Crippen molar-refractivity contribution in [2.24, 2.45) is 5.84 Å². The third-order valence-electron chi connectivity index (χ3n) is 3.06. The Labute approximate surface area is 109 Å². The minimum absolute atomic E-state index is 0.0883. The molecule has 0 aliphatic heterocycles. The zero-order valence-corrected chi connectivity index (χ0v) is 11.5. The zero-order valence-electron chi connectivity index (χ0n) is 11.5. The van der Waals surface area contributed by atoms with Gasteiger partial charge in [-0.25, -0.2) is 0 Å². The highest BCUT2D eigenvalue weighted by Gasteiger charge is 2.15. The average Bonchev–Trinajstić information content (AvgIpc) is 2.41. The van der Waals surface area contributed by atoms with Crippen LogP contribution in [0.3, 0.4) is 0 Å². The summed E-state index contributed by atoms with van der Waals surface area (Å²) < 4.78 is 10.9. The lowest BCUT2D eigenvalue weighted by molar-refractivity contribution is 0.106. The molecule has 0 aliphatic carbocycles. The lowest BCUT2D eigenvalue weighted by Crippen LogP contribution is -2.29. The second kappa shape index (κ2) is 8.08. The molecular formula is C14H24N2O2. The molecule has 4 heteroatoms. The maximum absolute atomic E-state index is 5.65. The quantitative estimate of drug-likeness (QED) is 0.551. The smallest absolute Gasteiger partial charge is 0.124 e. The Morgan fingerprint density at radius 2 is 2.00 bits per heavy atom. The lowest BCUT2D eigenvalue weighted by Gasteiger charge is -2.21.